The van der Waals surface area contributed by atoms with Gasteiger partial charge in [0, 0.05) is 38.0 Å². The first-order chi connectivity index (χ1) is 9.75. The maximum Gasteiger partial charge on any atom is 0.222 e. The molecular formula is C15H27N3O2. The van der Waals surface area contributed by atoms with Gasteiger partial charge in [-0.1, -0.05) is 27.7 Å². The number of ether oxygens (including phenoxy) is 1. The number of nitrogens with zero attached hydrogens (tertiary/aromatic N) is 2. The first-order valence-electron chi connectivity index (χ1n) is 7.32. The van der Waals surface area contributed by atoms with E-state index in [1.807, 2.05) is 39.8 Å². The molecule has 0 spiro atoms. The van der Waals surface area contributed by atoms with Gasteiger partial charge in [0.15, 0.2) is 0 Å². The highest BCUT2D eigenvalue weighted by Crippen LogP contribution is 2.18. The fourth-order valence-electron chi connectivity index (χ4n) is 1.69. The predicted octanol–water partition coefficient (Wildman–Crippen LogP) is 2.93. The zero-order valence-corrected chi connectivity index (χ0v) is 13.3. The number of hydrogen-bond donors (Lipinski definition) is 1. The lowest BCUT2D eigenvalue weighted by atomic mass is 10.3. The number of pyridine rings is 1. The molecule has 0 aromatic carbocycles. The van der Waals surface area contributed by atoms with Gasteiger partial charge in [-0.05, 0) is 6.07 Å². The first kappa shape index (κ1) is 18.4. The van der Waals surface area contributed by atoms with E-state index < -0.39 is 0 Å². The molecule has 2 heterocycles. The molecule has 5 heteroatoms. The molecule has 2 rings (SSSR count). The van der Waals surface area contributed by atoms with E-state index in [0.29, 0.717) is 5.82 Å². The van der Waals surface area contributed by atoms with Crippen LogP contribution in [0.4, 0.5) is 11.5 Å². The zero-order valence-electron chi connectivity index (χ0n) is 13.3. The van der Waals surface area contributed by atoms with E-state index in [9.17, 15) is 4.79 Å². The van der Waals surface area contributed by atoms with Gasteiger partial charge >= 0.3 is 0 Å². The van der Waals surface area contributed by atoms with Crippen LogP contribution in [0.15, 0.2) is 18.3 Å². The fourth-order valence-corrected chi connectivity index (χ4v) is 1.69. The molecule has 1 aliphatic rings. The van der Waals surface area contributed by atoms with E-state index in [0.717, 1.165) is 32.0 Å². The normalized spacial score (nSPS) is 13.3. The van der Waals surface area contributed by atoms with Crippen LogP contribution in [0.25, 0.3) is 0 Å². The highest BCUT2D eigenvalue weighted by molar-refractivity contribution is 5.88. The molecule has 1 aliphatic heterocycles. The Labute approximate surface area is 122 Å². The smallest absolute Gasteiger partial charge is 0.222 e. The lowest BCUT2D eigenvalue weighted by molar-refractivity contribution is -0.114. The summed E-state index contributed by atoms with van der Waals surface area (Å²) in [5.41, 5.74) is 1.07. The molecular weight excluding hydrogens is 254 g/mol. The van der Waals surface area contributed by atoms with Crippen LogP contribution in [0.1, 0.15) is 34.6 Å². The van der Waals surface area contributed by atoms with Crippen LogP contribution in [-0.4, -0.2) is 37.2 Å². The van der Waals surface area contributed by atoms with Gasteiger partial charge in [0.05, 0.1) is 13.2 Å². The van der Waals surface area contributed by atoms with Crippen molar-refractivity contribution in [3.63, 3.8) is 0 Å². The number of hydrogen-bond acceptors (Lipinski definition) is 4. The summed E-state index contributed by atoms with van der Waals surface area (Å²) in [6.07, 6.45) is 1.70. The Kier molecular flexibility index (Phi) is 10.3. The van der Waals surface area contributed by atoms with E-state index in [1.54, 1.807) is 6.20 Å². The summed E-state index contributed by atoms with van der Waals surface area (Å²) in [7, 11) is 0. The van der Waals surface area contributed by atoms with Crippen molar-refractivity contribution in [3.05, 3.63) is 18.3 Å². The van der Waals surface area contributed by atoms with Crippen molar-refractivity contribution in [2.24, 2.45) is 0 Å². The molecule has 5 nitrogen and oxygen atoms in total. The maximum atomic E-state index is 10.9. The summed E-state index contributed by atoms with van der Waals surface area (Å²) in [5, 5.41) is 2.68. The third-order valence-electron chi connectivity index (χ3n) is 2.42. The Bertz CT molecular complexity index is 377. The van der Waals surface area contributed by atoms with Gasteiger partial charge in [-0.25, -0.2) is 4.98 Å². The van der Waals surface area contributed by atoms with Gasteiger partial charge in [0.2, 0.25) is 5.91 Å². The van der Waals surface area contributed by atoms with Crippen LogP contribution in [0.3, 0.4) is 0 Å². The van der Waals surface area contributed by atoms with Crippen molar-refractivity contribution in [2.75, 3.05) is 36.5 Å². The van der Waals surface area contributed by atoms with Crippen LogP contribution < -0.4 is 10.2 Å². The minimum atomic E-state index is -0.105. The monoisotopic (exact) mass is 281 g/mol. The molecule has 0 unspecified atom stereocenters. The maximum absolute atomic E-state index is 10.9. The molecule has 0 bridgehead atoms. The van der Waals surface area contributed by atoms with Gasteiger partial charge in [0.1, 0.15) is 5.82 Å². The second-order valence-electron chi connectivity index (χ2n) is 3.68. The van der Waals surface area contributed by atoms with Crippen molar-refractivity contribution in [2.45, 2.75) is 34.6 Å². The molecule has 1 aromatic heterocycles. The largest absolute Gasteiger partial charge is 0.378 e. The highest BCUT2D eigenvalue weighted by Gasteiger charge is 2.11. The molecule has 114 valence electrons. The second-order valence-corrected chi connectivity index (χ2v) is 3.68. The van der Waals surface area contributed by atoms with Gasteiger partial charge in [-0.3, -0.25) is 4.79 Å². The zero-order chi connectivity index (χ0) is 15.4. The van der Waals surface area contributed by atoms with Gasteiger partial charge in [-0.15, -0.1) is 0 Å². The number of anilines is 2. The van der Waals surface area contributed by atoms with E-state index >= 15 is 0 Å². The van der Waals surface area contributed by atoms with E-state index in [4.69, 9.17) is 4.74 Å². The summed E-state index contributed by atoms with van der Waals surface area (Å²) in [4.78, 5) is 17.2. The SMILES string of the molecule is CC.CC.CC(=O)Nc1cc(N2CCOCC2)ccn1. The quantitative estimate of drug-likeness (QED) is 0.905. The first-order valence-corrected chi connectivity index (χ1v) is 7.32. The Hall–Kier alpha value is -1.62. The number of rotatable bonds is 2. The molecule has 1 amide bonds. The number of aromatic nitrogens is 1. The molecule has 1 N–H and O–H groups in total. The number of nitrogens with one attached hydrogen (secondary N) is 1. The van der Waals surface area contributed by atoms with Crippen LogP contribution in [0, 0.1) is 0 Å². The van der Waals surface area contributed by atoms with E-state index in [-0.39, 0.29) is 5.91 Å². The fraction of sp³-hybridized carbons (Fsp3) is 0.600. The summed E-state index contributed by atoms with van der Waals surface area (Å²) in [6, 6.07) is 3.82. The lowest BCUT2D eigenvalue weighted by Gasteiger charge is -2.28. The number of carbonyl (C=O) groups excluding carboxylic acids is 1. The molecule has 1 saturated heterocycles. The Balaban J connectivity index is 0.000000829. The number of morpholine rings is 1. The van der Waals surface area contributed by atoms with Gasteiger partial charge < -0.3 is 15.0 Å². The Morgan fingerprint density at radius 3 is 2.40 bits per heavy atom. The molecule has 20 heavy (non-hydrogen) atoms. The average molecular weight is 281 g/mol. The minimum Gasteiger partial charge on any atom is -0.378 e. The second kappa shape index (κ2) is 11.2. The lowest BCUT2D eigenvalue weighted by Crippen LogP contribution is -2.36. The topological polar surface area (TPSA) is 54.5 Å². The summed E-state index contributed by atoms with van der Waals surface area (Å²) < 4.78 is 5.29. The molecule has 0 saturated carbocycles. The Morgan fingerprint density at radius 2 is 1.85 bits per heavy atom. The van der Waals surface area contributed by atoms with E-state index in [1.165, 1.54) is 6.92 Å². The summed E-state index contributed by atoms with van der Waals surface area (Å²) in [6.45, 7) is 12.7. The van der Waals surface area contributed by atoms with Crippen molar-refractivity contribution in [3.8, 4) is 0 Å². The Morgan fingerprint density at radius 1 is 1.25 bits per heavy atom. The number of amides is 1. The molecule has 0 atom stereocenters. The standard InChI is InChI=1S/C11H15N3O2.2C2H6/c1-9(15)13-11-8-10(2-3-12-11)14-4-6-16-7-5-14;2*1-2/h2-3,8H,4-7H2,1H3,(H,12,13,15);2*1-2H3. The molecule has 1 fully saturated rings. The molecule has 0 radical (unpaired) electrons. The van der Waals surface area contributed by atoms with Crippen LogP contribution in [0.5, 0.6) is 0 Å². The predicted molar refractivity (Wildman–Crippen MR) is 84.3 cm³/mol. The average Bonchev–Trinajstić information content (AvgIpc) is 2.52. The van der Waals surface area contributed by atoms with Gasteiger partial charge in [0.25, 0.3) is 0 Å². The highest BCUT2D eigenvalue weighted by atomic mass is 16.5. The molecule has 0 aliphatic carbocycles. The van der Waals surface area contributed by atoms with Crippen LogP contribution >= 0.6 is 0 Å². The van der Waals surface area contributed by atoms with Crippen molar-refractivity contribution in [1.82, 2.24) is 4.98 Å². The third-order valence-corrected chi connectivity index (χ3v) is 2.42. The summed E-state index contributed by atoms with van der Waals surface area (Å²) >= 11 is 0. The van der Waals surface area contributed by atoms with Gasteiger partial charge in [-0.2, -0.15) is 0 Å². The van der Waals surface area contributed by atoms with Crippen molar-refractivity contribution < 1.29 is 9.53 Å². The minimum absolute atomic E-state index is 0.105. The third kappa shape index (κ3) is 6.52. The van der Waals surface area contributed by atoms with Crippen molar-refractivity contribution >= 4 is 17.4 Å². The van der Waals surface area contributed by atoms with Crippen LogP contribution in [0.2, 0.25) is 0 Å². The van der Waals surface area contributed by atoms with E-state index in [2.05, 4.69) is 15.2 Å². The van der Waals surface area contributed by atoms with Crippen LogP contribution in [-0.2, 0) is 9.53 Å². The van der Waals surface area contributed by atoms with Crippen molar-refractivity contribution in [1.29, 1.82) is 0 Å². The number of carbonyl (C=O) groups is 1. The molecule has 1 aromatic rings. The summed E-state index contributed by atoms with van der Waals surface area (Å²) in [5.74, 6) is 0.489.